The third kappa shape index (κ3) is 7.38. The number of hydrogen-bond donors (Lipinski definition) is 1. The molecular formula is C39H40ClN5O7. The lowest BCUT2D eigenvalue weighted by Gasteiger charge is -2.30. The molecule has 0 unspecified atom stereocenters. The Morgan fingerprint density at radius 1 is 1.00 bits per heavy atom. The van der Waals surface area contributed by atoms with E-state index < -0.39 is 11.7 Å². The van der Waals surface area contributed by atoms with E-state index >= 15 is 0 Å². The van der Waals surface area contributed by atoms with Gasteiger partial charge in [-0.25, -0.2) is 14.5 Å². The predicted molar refractivity (Wildman–Crippen MR) is 198 cm³/mol. The van der Waals surface area contributed by atoms with Crippen molar-refractivity contribution in [1.29, 1.82) is 0 Å². The highest BCUT2D eigenvalue weighted by Crippen LogP contribution is 2.40. The van der Waals surface area contributed by atoms with Gasteiger partial charge < -0.3 is 29.2 Å². The second-order valence-corrected chi connectivity index (χ2v) is 13.7. The molecule has 1 aliphatic rings. The number of hydrogen-bond acceptors (Lipinski definition) is 9. The Kier molecular flexibility index (Phi) is 10.4. The van der Waals surface area contributed by atoms with E-state index in [1.165, 1.54) is 7.11 Å². The summed E-state index contributed by atoms with van der Waals surface area (Å²) in [6.45, 7) is 5.81. The van der Waals surface area contributed by atoms with E-state index in [1.807, 2.05) is 69.3 Å². The molecule has 12 nitrogen and oxygen atoms in total. The van der Waals surface area contributed by atoms with Gasteiger partial charge in [-0.15, -0.1) is 0 Å². The number of halogens is 1. The van der Waals surface area contributed by atoms with E-state index in [0.29, 0.717) is 63.7 Å². The molecule has 52 heavy (non-hydrogen) atoms. The molecule has 2 amide bonds. The quantitative estimate of drug-likeness (QED) is 0.140. The van der Waals surface area contributed by atoms with Crippen LogP contribution in [0.3, 0.4) is 0 Å². The molecule has 0 radical (unpaired) electrons. The van der Waals surface area contributed by atoms with Gasteiger partial charge in [0.15, 0.2) is 6.29 Å². The maximum absolute atomic E-state index is 13.4. The summed E-state index contributed by atoms with van der Waals surface area (Å²) < 4.78 is 24.6. The van der Waals surface area contributed by atoms with Crippen molar-refractivity contribution in [3.63, 3.8) is 0 Å². The van der Waals surface area contributed by atoms with Crippen LogP contribution in [0.25, 0.3) is 39.0 Å². The minimum absolute atomic E-state index is 0.0405. The van der Waals surface area contributed by atoms with E-state index in [0.717, 1.165) is 22.0 Å². The first-order valence-corrected chi connectivity index (χ1v) is 17.1. The Labute approximate surface area is 306 Å². The maximum atomic E-state index is 13.4. The number of nitrogens with one attached hydrogen (secondary N) is 1. The monoisotopic (exact) mass is 725 g/mol. The van der Waals surface area contributed by atoms with Crippen molar-refractivity contribution >= 4 is 40.8 Å². The number of carbonyl (C=O) groups excluding carboxylic acids is 3. The Bertz CT molecular complexity index is 2130. The van der Waals surface area contributed by atoms with Crippen LogP contribution in [0.15, 0.2) is 66.9 Å². The van der Waals surface area contributed by atoms with Crippen LogP contribution in [0.4, 0.5) is 4.79 Å². The highest BCUT2D eigenvalue weighted by Gasteiger charge is 2.30. The van der Waals surface area contributed by atoms with Gasteiger partial charge >= 0.3 is 6.09 Å². The summed E-state index contributed by atoms with van der Waals surface area (Å²) in [4.78, 5) is 42.9. The third-order valence-corrected chi connectivity index (χ3v) is 9.16. The average Bonchev–Trinajstić information content (AvgIpc) is 3.76. The van der Waals surface area contributed by atoms with Crippen LogP contribution < -0.4 is 19.5 Å². The van der Waals surface area contributed by atoms with E-state index in [-0.39, 0.29) is 30.9 Å². The molecule has 6 rings (SSSR count). The standard InChI is InChI=1S/C39H40ClN5O7/c1-39(2,3)52-38(48)44(20-24-14-16-35(47)42-24)21-30-33(49-4)17-25(18-34(30)50-5)45-32-12-8-9-26(29(32)19-41-45)27-10-7-11-28(36(27)40)31-15-13-23(22-46)37(43-31)51-6/h7-13,15,17-19,22,24H,14,16,20-21H2,1-6H3,(H,42,47)/t24-/m0/s1. The molecule has 0 aliphatic carbocycles. The molecule has 5 aromatic rings. The molecule has 1 saturated heterocycles. The summed E-state index contributed by atoms with van der Waals surface area (Å²) in [5.41, 5.74) is 4.61. The van der Waals surface area contributed by atoms with Gasteiger partial charge in [0.25, 0.3) is 0 Å². The fourth-order valence-corrected chi connectivity index (χ4v) is 6.66. The summed E-state index contributed by atoms with van der Waals surface area (Å²) in [6, 6.07) is 18.5. The van der Waals surface area contributed by atoms with E-state index in [2.05, 4.69) is 10.3 Å². The van der Waals surface area contributed by atoms with Crippen LogP contribution in [0, 0.1) is 0 Å². The SMILES string of the molecule is COc1cc(-n2ncc3c(-c4cccc(-c5ccc(C=O)c(OC)n5)c4Cl)cccc32)cc(OC)c1CN(C[C@@H]1CCC(=O)N1)C(=O)OC(C)(C)C. The molecule has 2 aromatic heterocycles. The Morgan fingerprint density at radius 2 is 1.69 bits per heavy atom. The molecular weight excluding hydrogens is 686 g/mol. The molecule has 3 heterocycles. The number of methoxy groups -OCH3 is 3. The number of benzene rings is 3. The van der Waals surface area contributed by atoms with Crippen LogP contribution in [-0.2, 0) is 16.1 Å². The molecule has 3 aromatic carbocycles. The number of nitrogens with zero attached hydrogens (tertiary/aromatic N) is 4. The molecule has 0 bridgehead atoms. The van der Waals surface area contributed by atoms with Gasteiger partial charge in [-0.2, -0.15) is 5.10 Å². The van der Waals surface area contributed by atoms with Crippen molar-refractivity contribution in [1.82, 2.24) is 25.0 Å². The molecule has 1 N–H and O–H groups in total. The van der Waals surface area contributed by atoms with Crippen molar-refractivity contribution < 1.29 is 33.3 Å². The van der Waals surface area contributed by atoms with Crippen LogP contribution in [-0.4, -0.2) is 77.5 Å². The number of aromatic nitrogens is 3. The molecule has 1 fully saturated rings. The van der Waals surface area contributed by atoms with Crippen LogP contribution in [0.2, 0.25) is 5.02 Å². The van der Waals surface area contributed by atoms with Crippen molar-refractivity contribution in [2.75, 3.05) is 27.9 Å². The van der Waals surface area contributed by atoms with Crippen LogP contribution in [0.1, 0.15) is 49.5 Å². The number of aldehydes is 1. The summed E-state index contributed by atoms with van der Waals surface area (Å²) in [7, 11) is 4.58. The molecule has 270 valence electrons. The first kappa shape index (κ1) is 36.2. The molecule has 1 aliphatic heterocycles. The summed E-state index contributed by atoms with van der Waals surface area (Å²) in [5, 5.41) is 9.03. The van der Waals surface area contributed by atoms with Gasteiger partial charge in [0.05, 0.1) is 67.1 Å². The Hall–Kier alpha value is -5.62. The molecule has 13 heteroatoms. The largest absolute Gasteiger partial charge is 0.496 e. The average molecular weight is 726 g/mol. The van der Waals surface area contributed by atoms with Gasteiger partial charge in [0, 0.05) is 47.7 Å². The molecule has 0 saturated carbocycles. The van der Waals surface area contributed by atoms with Gasteiger partial charge in [-0.3, -0.25) is 9.59 Å². The van der Waals surface area contributed by atoms with Crippen molar-refractivity contribution in [3.8, 4) is 45.5 Å². The van der Waals surface area contributed by atoms with Crippen molar-refractivity contribution in [2.45, 2.75) is 51.8 Å². The zero-order valence-corrected chi connectivity index (χ0v) is 30.6. The second kappa shape index (κ2) is 14.9. The number of ether oxygens (including phenoxy) is 4. The zero-order chi connectivity index (χ0) is 37.2. The lowest BCUT2D eigenvalue weighted by atomic mass is 9.98. The fourth-order valence-electron chi connectivity index (χ4n) is 6.33. The second-order valence-electron chi connectivity index (χ2n) is 13.4. The summed E-state index contributed by atoms with van der Waals surface area (Å²) in [6.07, 6.45) is 3.00. The van der Waals surface area contributed by atoms with Gasteiger partial charge in [0.1, 0.15) is 17.1 Å². The Morgan fingerprint density at radius 3 is 2.33 bits per heavy atom. The number of carbonyl (C=O) groups is 3. The van der Waals surface area contributed by atoms with E-state index in [4.69, 9.17) is 35.6 Å². The highest BCUT2D eigenvalue weighted by atomic mass is 35.5. The Balaban J connectivity index is 1.37. The third-order valence-electron chi connectivity index (χ3n) is 8.75. The first-order chi connectivity index (χ1) is 24.9. The van der Waals surface area contributed by atoms with Gasteiger partial charge in [-0.05, 0) is 51.0 Å². The normalized spacial score (nSPS) is 14.2. The maximum Gasteiger partial charge on any atom is 0.410 e. The van der Waals surface area contributed by atoms with Crippen molar-refractivity contribution in [3.05, 3.63) is 83.0 Å². The summed E-state index contributed by atoms with van der Waals surface area (Å²) in [5.74, 6) is 1.14. The van der Waals surface area contributed by atoms with Crippen LogP contribution in [0.5, 0.6) is 17.4 Å². The van der Waals surface area contributed by atoms with Gasteiger partial charge in [-0.1, -0.05) is 41.9 Å². The highest BCUT2D eigenvalue weighted by molar-refractivity contribution is 6.36. The summed E-state index contributed by atoms with van der Waals surface area (Å²) >= 11 is 7.06. The minimum atomic E-state index is -0.717. The number of rotatable bonds is 11. The number of fused-ring (bicyclic) bond motifs is 1. The molecule has 1 atom stereocenters. The minimum Gasteiger partial charge on any atom is -0.496 e. The van der Waals surface area contributed by atoms with Crippen molar-refractivity contribution in [2.24, 2.45) is 0 Å². The predicted octanol–water partition coefficient (Wildman–Crippen LogP) is 7.26. The lowest BCUT2D eigenvalue weighted by Crippen LogP contribution is -2.43. The molecule has 0 spiro atoms. The first-order valence-electron chi connectivity index (χ1n) is 16.7. The zero-order valence-electron chi connectivity index (χ0n) is 29.9. The van der Waals surface area contributed by atoms with Crippen LogP contribution >= 0.6 is 11.6 Å². The topological polar surface area (TPSA) is 134 Å². The lowest BCUT2D eigenvalue weighted by molar-refractivity contribution is -0.119. The number of amides is 2. The smallest absolute Gasteiger partial charge is 0.410 e. The fraction of sp³-hybridized carbons (Fsp3) is 0.308. The van der Waals surface area contributed by atoms with E-state index in [9.17, 15) is 14.4 Å². The van der Waals surface area contributed by atoms with E-state index in [1.54, 1.807) is 42.1 Å². The number of pyridine rings is 1. The van der Waals surface area contributed by atoms with Gasteiger partial charge in [0.2, 0.25) is 11.8 Å².